The summed E-state index contributed by atoms with van der Waals surface area (Å²) in [5, 5.41) is 5.45. The van der Waals surface area contributed by atoms with E-state index in [0.29, 0.717) is 30.9 Å². The van der Waals surface area contributed by atoms with Crippen LogP contribution >= 0.6 is 0 Å². The van der Waals surface area contributed by atoms with E-state index in [1.165, 1.54) is 12.1 Å². The predicted molar refractivity (Wildman–Crippen MR) is 112 cm³/mol. The summed E-state index contributed by atoms with van der Waals surface area (Å²) in [4.78, 5) is 29.4. The minimum absolute atomic E-state index is 0.0222. The molecule has 8 heteroatoms. The number of urea groups is 1. The number of nitrogens with one attached hydrogen (secondary N) is 2. The van der Waals surface area contributed by atoms with Gasteiger partial charge < -0.3 is 20.3 Å². The third-order valence-corrected chi connectivity index (χ3v) is 4.93. The number of rotatable bonds is 6. The fourth-order valence-electron chi connectivity index (χ4n) is 3.38. The number of piperidine rings is 1. The molecule has 1 aliphatic rings. The Hall–Kier alpha value is -3.16. The van der Waals surface area contributed by atoms with Crippen molar-refractivity contribution >= 4 is 17.6 Å². The van der Waals surface area contributed by atoms with Gasteiger partial charge in [-0.3, -0.25) is 9.78 Å². The Morgan fingerprint density at radius 3 is 2.87 bits per heavy atom. The van der Waals surface area contributed by atoms with E-state index >= 15 is 0 Å². The molecule has 160 valence electrons. The van der Waals surface area contributed by atoms with Gasteiger partial charge in [0.15, 0.2) is 0 Å². The molecule has 3 rings (SSSR count). The molecule has 7 nitrogen and oxygen atoms in total. The lowest BCUT2D eigenvalue weighted by molar-refractivity contribution is -0.131. The van der Waals surface area contributed by atoms with E-state index in [9.17, 15) is 14.0 Å². The number of hydrogen-bond donors (Lipinski definition) is 2. The molecule has 2 N–H and O–H groups in total. The summed E-state index contributed by atoms with van der Waals surface area (Å²) in [5.41, 5.74) is 2.19. The Morgan fingerprint density at radius 1 is 1.30 bits per heavy atom. The molecule has 0 bridgehead atoms. The zero-order valence-corrected chi connectivity index (χ0v) is 17.3. The molecule has 1 aromatic heterocycles. The van der Waals surface area contributed by atoms with Crippen LogP contribution in [0.1, 0.15) is 31.0 Å². The maximum absolute atomic E-state index is 14.0. The van der Waals surface area contributed by atoms with Crippen LogP contribution in [0.5, 0.6) is 5.75 Å². The van der Waals surface area contributed by atoms with Gasteiger partial charge in [0.25, 0.3) is 0 Å². The number of likely N-dealkylation sites (tertiary alicyclic amines) is 1. The summed E-state index contributed by atoms with van der Waals surface area (Å²) in [6, 6.07) is 7.79. The second kappa shape index (κ2) is 10.0. The first kappa shape index (κ1) is 21.5. The van der Waals surface area contributed by atoms with E-state index in [2.05, 4.69) is 15.6 Å². The molecule has 3 amide bonds. The molecule has 30 heavy (non-hydrogen) atoms. The molecule has 0 spiro atoms. The Morgan fingerprint density at radius 2 is 2.13 bits per heavy atom. The minimum atomic E-state index is -0.392. The highest BCUT2D eigenvalue weighted by Gasteiger charge is 2.23. The monoisotopic (exact) mass is 414 g/mol. The first-order chi connectivity index (χ1) is 14.4. The van der Waals surface area contributed by atoms with Gasteiger partial charge in [-0.2, -0.15) is 0 Å². The average Bonchev–Trinajstić information content (AvgIpc) is 2.69. The SMILES string of the molecule is CC(=O)N1CCCC(Oc2cc(F)cc(CCNC(=O)Nc3ccc(C)nc3)c2)C1. The van der Waals surface area contributed by atoms with Crippen LogP contribution in [0.15, 0.2) is 36.5 Å². The van der Waals surface area contributed by atoms with Crippen molar-refractivity contribution < 1.29 is 18.7 Å². The van der Waals surface area contributed by atoms with Gasteiger partial charge in [0.1, 0.15) is 17.7 Å². The van der Waals surface area contributed by atoms with Crippen molar-refractivity contribution in [3.63, 3.8) is 0 Å². The molecule has 1 saturated heterocycles. The Bertz CT molecular complexity index is 888. The second-order valence-electron chi connectivity index (χ2n) is 7.46. The number of anilines is 1. The van der Waals surface area contributed by atoms with Crippen LogP contribution in [0.2, 0.25) is 0 Å². The van der Waals surface area contributed by atoms with Crippen LogP contribution in [-0.4, -0.2) is 47.6 Å². The fraction of sp³-hybridized carbons (Fsp3) is 0.409. The molecule has 1 fully saturated rings. The van der Waals surface area contributed by atoms with Crippen LogP contribution < -0.4 is 15.4 Å². The van der Waals surface area contributed by atoms with Crippen LogP contribution in [0.3, 0.4) is 0 Å². The maximum Gasteiger partial charge on any atom is 0.319 e. The number of hydrogen-bond acceptors (Lipinski definition) is 4. The lowest BCUT2D eigenvalue weighted by atomic mass is 10.1. The van der Waals surface area contributed by atoms with Crippen molar-refractivity contribution in [2.45, 2.75) is 39.2 Å². The van der Waals surface area contributed by atoms with Crippen molar-refractivity contribution in [3.8, 4) is 5.75 Å². The molecule has 1 aromatic carbocycles. The standard InChI is InChI=1S/C22H27FN4O3/c1-15-5-6-19(13-25-15)26-22(29)24-8-7-17-10-18(23)12-21(11-17)30-20-4-3-9-27(14-20)16(2)28/h5-6,10-13,20H,3-4,7-9,14H2,1-2H3,(H2,24,26,29). The highest BCUT2D eigenvalue weighted by molar-refractivity contribution is 5.88. The molecule has 1 atom stereocenters. The molecule has 1 aliphatic heterocycles. The molecule has 0 radical (unpaired) electrons. The number of aryl methyl sites for hydroxylation is 1. The summed E-state index contributed by atoms with van der Waals surface area (Å²) < 4.78 is 20.0. The highest BCUT2D eigenvalue weighted by Crippen LogP contribution is 2.22. The van der Waals surface area contributed by atoms with Gasteiger partial charge in [-0.25, -0.2) is 9.18 Å². The Balaban J connectivity index is 1.50. The van der Waals surface area contributed by atoms with Crippen molar-refractivity contribution in [1.82, 2.24) is 15.2 Å². The number of nitrogens with zero attached hydrogens (tertiary/aromatic N) is 2. The van der Waals surface area contributed by atoms with Gasteiger partial charge in [-0.1, -0.05) is 0 Å². The molecule has 1 unspecified atom stereocenters. The summed E-state index contributed by atoms with van der Waals surface area (Å²) >= 11 is 0. The third-order valence-electron chi connectivity index (χ3n) is 4.93. The zero-order valence-electron chi connectivity index (χ0n) is 17.3. The summed E-state index contributed by atoms with van der Waals surface area (Å²) in [6.45, 7) is 5.00. The number of ether oxygens (including phenoxy) is 1. The van der Waals surface area contributed by atoms with E-state index in [0.717, 1.165) is 30.6 Å². The van der Waals surface area contributed by atoms with Crippen LogP contribution in [-0.2, 0) is 11.2 Å². The molecular weight excluding hydrogens is 387 g/mol. The van der Waals surface area contributed by atoms with Crippen LogP contribution in [0, 0.1) is 12.7 Å². The topological polar surface area (TPSA) is 83.6 Å². The lowest BCUT2D eigenvalue weighted by Gasteiger charge is -2.32. The molecule has 0 saturated carbocycles. The first-order valence-corrected chi connectivity index (χ1v) is 10.1. The number of pyridine rings is 1. The zero-order chi connectivity index (χ0) is 21.5. The van der Waals surface area contributed by atoms with E-state index in [4.69, 9.17) is 4.74 Å². The fourth-order valence-corrected chi connectivity index (χ4v) is 3.38. The highest BCUT2D eigenvalue weighted by atomic mass is 19.1. The summed E-state index contributed by atoms with van der Waals surface area (Å²) in [6.07, 6.45) is 3.58. The predicted octanol–water partition coefficient (Wildman–Crippen LogP) is 3.28. The van der Waals surface area contributed by atoms with Crippen molar-refractivity contribution in [3.05, 3.63) is 53.6 Å². The van der Waals surface area contributed by atoms with Gasteiger partial charge in [-0.15, -0.1) is 0 Å². The smallest absolute Gasteiger partial charge is 0.319 e. The van der Waals surface area contributed by atoms with E-state index in [1.807, 2.05) is 13.0 Å². The number of halogens is 1. The molecule has 0 aliphatic carbocycles. The van der Waals surface area contributed by atoms with Gasteiger partial charge in [0.05, 0.1) is 18.4 Å². The van der Waals surface area contributed by atoms with E-state index < -0.39 is 5.82 Å². The van der Waals surface area contributed by atoms with Crippen LogP contribution in [0.4, 0.5) is 14.9 Å². The van der Waals surface area contributed by atoms with E-state index in [1.54, 1.807) is 30.2 Å². The Kier molecular flexibility index (Phi) is 7.21. The number of aromatic nitrogens is 1. The number of carbonyl (C=O) groups is 2. The number of carbonyl (C=O) groups excluding carboxylic acids is 2. The average molecular weight is 414 g/mol. The first-order valence-electron chi connectivity index (χ1n) is 10.1. The van der Waals surface area contributed by atoms with Gasteiger partial charge in [-0.05, 0) is 56.0 Å². The van der Waals surface area contributed by atoms with Crippen molar-refractivity contribution in [2.75, 3.05) is 25.0 Å². The van der Waals surface area contributed by atoms with Crippen molar-refractivity contribution in [2.24, 2.45) is 0 Å². The number of benzene rings is 1. The van der Waals surface area contributed by atoms with Crippen molar-refractivity contribution in [1.29, 1.82) is 0 Å². The Labute approximate surface area is 175 Å². The van der Waals surface area contributed by atoms with Gasteiger partial charge in [0, 0.05) is 31.8 Å². The molecule has 2 heterocycles. The van der Waals surface area contributed by atoms with Crippen LogP contribution in [0.25, 0.3) is 0 Å². The molecular formula is C22H27FN4O3. The largest absolute Gasteiger partial charge is 0.488 e. The van der Waals surface area contributed by atoms with E-state index in [-0.39, 0.29) is 18.0 Å². The lowest BCUT2D eigenvalue weighted by Crippen LogP contribution is -2.43. The number of amides is 3. The minimum Gasteiger partial charge on any atom is -0.488 e. The normalized spacial score (nSPS) is 16.1. The molecule has 2 aromatic rings. The second-order valence-corrected chi connectivity index (χ2v) is 7.46. The summed E-state index contributed by atoms with van der Waals surface area (Å²) in [7, 11) is 0. The van der Waals surface area contributed by atoms with Gasteiger partial charge >= 0.3 is 6.03 Å². The third kappa shape index (κ3) is 6.43. The quantitative estimate of drug-likeness (QED) is 0.760. The summed E-state index contributed by atoms with van der Waals surface area (Å²) in [5.74, 6) is 0.0708. The van der Waals surface area contributed by atoms with Gasteiger partial charge in [0.2, 0.25) is 5.91 Å². The maximum atomic E-state index is 14.0.